The molecule has 0 aromatic heterocycles. The molecule has 0 fully saturated rings. The average Bonchev–Trinajstić information content (AvgIpc) is 3.59. The zero-order chi connectivity index (χ0) is 49.5. The van der Waals surface area contributed by atoms with Gasteiger partial charge in [-0.1, -0.05) is 55.8 Å². The van der Waals surface area contributed by atoms with Crippen molar-refractivity contribution in [3.63, 3.8) is 0 Å². The van der Waals surface area contributed by atoms with E-state index in [0.29, 0.717) is 63.7 Å². The number of carboxylic acid groups (broad SMARTS) is 1. The molecule has 0 amide bonds. The van der Waals surface area contributed by atoms with Gasteiger partial charge in [0, 0.05) is 71.2 Å². The van der Waals surface area contributed by atoms with Crippen LogP contribution in [0.5, 0.6) is 0 Å². The van der Waals surface area contributed by atoms with Crippen LogP contribution < -0.4 is 88.7 Å². The third kappa shape index (κ3) is 15.2. The average molecular weight is 1090 g/mol. The van der Waals surface area contributed by atoms with Crippen LogP contribution in [-0.4, -0.2) is 109 Å². The largest absolute Gasteiger partial charge is 1.00 e. The molecule has 3 aromatic rings. The van der Waals surface area contributed by atoms with E-state index in [2.05, 4.69) is 0 Å². The number of aliphatic imine (C=N–C) groups is 1. The molecular weight excluding hydrogens is 1040 g/mol. The van der Waals surface area contributed by atoms with E-state index < -0.39 is 78.6 Å². The Morgan fingerprint density at radius 1 is 0.814 bits per heavy atom. The van der Waals surface area contributed by atoms with E-state index in [9.17, 15) is 61.8 Å². The molecule has 3 aliphatic rings. The fourth-order valence-corrected chi connectivity index (χ4v) is 11.2. The number of fused-ring (bicyclic) bond motifs is 4. The maximum Gasteiger partial charge on any atom is 1.00 e. The SMILES string of the molecule is CC1(C)C2=CC(Cl)=CN(CCCCS(=O)(=O)[O-])C2=N/C1=C/C=C(/C=C/C1=[N+](CCCCS(=O)(=O)[O-])c2ccc3c(S(=O)(=O)[O-])cc(S(=O)(=O)[O-])cc3c2C1(C)C)c1cccc(CCC(=O)O)c1.[Na+].[Na+].[Na+]. The number of hydrogen-bond donors (Lipinski definition) is 1. The van der Waals surface area contributed by atoms with Crippen molar-refractivity contribution in [1.29, 1.82) is 0 Å². The first kappa shape index (κ1) is 62.5. The molecule has 0 bridgehead atoms. The molecule has 3 heterocycles. The van der Waals surface area contributed by atoms with Crippen molar-refractivity contribution in [1.82, 2.24) is 4.90 Å². The summed E-state index contributed by atoms with van der Waals surface area (Å²) < 4.78 is 145. The molecule has 3 aliphatic heterocycles. The molecule has 0 saturated heterocycles. The summed E-state index contributed by atoms with van der Waals surface area (Å²) in [6.45, 7) is 7.90. The van der Waals surface area contributed by atoms with E-state index >= 15 is 0 Å². The van der Waals surface area contributed by atoms with E-state index in [1.165, 1.54) is 6.07 Å². The van der Waals surface area contributed by atoms with E-state index in [0.717, 1.165) is 17.2 Å². The molecule has 0 unspecified atom stereocenters. The van der Waals surface area contributed by atoms with Crippen LogP contribution in [-0.2, 0) is 57.1 Å². The standard InChI is InChI=1S/C45H50ClN3O14S4.3Na/c1-44(2)36-25-32(46)28-48(20-5-7-22-64(52,53)54)43(36)47-39(44)17-13-30(31-11-9-10-29(24-31)12-19-41(50)51)14-18-40-45(3,4)42-35-26-33(66(58,59)60)27-38(67(61,62)63)34(35)15-16-37(42)49(40)21-6-8-23-65(55,56)57;;;/h9-11,13-18,24-28H,5-8,12,19-23H2,1-4H3,(H4-,50,51,52,53,54,55,56,57,58,59,60,61,62,63);;;/q;3*+1/p-3. The van der Waals surface area contributed by atoms with Gasteiger partial charge in [0.05, 0.1) is 46.2 Å². The van der Waals surface area contributed by atoms with E-state index in [4.69, 9.17) is 16.6 Å². The van der Waals surface area contributed by atoms with Crippen LogP contribution in [0.3, 0.4) is 0 Å². The number of nitrogens with zero attached hydrogens (tertiary/aromatic N) is 3. The normalized spacial score (nSPS) is 17.3. The van der Waals surface area contributed by atoms with Gasteiger partial charge >= 0.3 is 94.6 Å². The van der Waals surface area contributed by atoms with Crippen LogP contribution in [0, 0.1) is 5.41 Å². The Morgan fingerprint density at radius 3 is 2.06 bits per heavy atom. The van der Waals surface area contributed by atoms with Crippen LogP contribution >= 0.6 is 11.6 Å². The van der Waals surface area contributed by atoms with Crippen molar-refractivity contribution < 1.29 is 155 Å². The van der Waals surface area contributed by atoms with Crippen molar-refractivity contribution >= 4 is 91.6 Å². The fourth-order valence-electron chi connectivity index (χ4n) is 8.58. The number of carboxylic acids is 1. The van der Waals surface area contributed by atoms with Crippen molar-refractivity contribution in [3.05, 3.63) is 118 Å². The number of allylic oxidation sites excluding steroid dienone is 8. The van der Waals surface area contributed by atoms with Crippen LogP contribution in [0.1, 0.15) is 76.5 Å². The van der Waals surface area contributed by atoms with Gasteiger partial charge in [-0.25, -0.2) is 38.7 Å². The van der Waals surface area contributed by atoms with E-state index in [-0.39, 0.29) is 138 Å². The number of aliphatic carboxylic acids is 1. The Hall–Kier alpha value is -1.84. The van der Waals surface area contributed by atoms with Crippen LogP contribution in [0.4, 0.5) is 5.69 Å². The first-order valence-corrected chi connectivity index (χ1v) is 27.2. The second kappa shape index (κ2) is 24.2. The van der Waals surface area contributed by atoms with Gasteiger partial charge in [-0.3, -0.25) is 4.79 Å². The minimum atomic E-state index is -5.31. The number of carbonyl (C=O) groups is 1. The number of hydrogen-bond acceptors (Lipinski definition) is 15. The minimum absolute atomic E-state index is 0. The van der Waals surface area contributed by atoms with Gasteiger partial charge in [-0.2, -0.15) is 4.58 Å². The summed E-state index contributed by atoms with van der Waals surface area (Å²) in [7, 11) is -19.5. The van der Waals surface area contributed by atoms with Gasteiger partial charge in [-0.15, -0.1) is 0 Å². The maximum absolute atomic E-state index is 12.5. The molecule has 0 radical (unpaired) electrons. The zero-order valence-electron chi connectivity index (χ0n) is 39.8. The van der Waals surface area contributed by atoms with Gasteiger partial charge in [0.25, 0.3) is 0 Å². The maximum atomic E-state index is 12.5. The molecule has 25 heteroatoms. The van der Waals surface area contributed by atoms with E-state index in [1.807, 2.05) is 42.7 Å². The van der Waals surface area contributed by atoms with Gasteiger partial charge < -0.3 is 28.2 Å². The molecule has 0 saturated carbocycles. The predicted octanol–water partition coefficient (Wildman–Crippen LogP) is -3.01. The zero-order valence-corrected chi connectivity index (χ0v) is 49.8. The molecule has 360 valence electrons. The van der Waals surface area contributed by atoms with Crippen LogP contribution in [0.2, 0.25) is 0 Å². The summed E-state index contributed by atoms with van der Waals surface area (Å²) in [4.78, 5) is 16.5. The molecule has 0 atom stereocenters. The third-order valence-electron chi connectivity index (χ3n) is 11.9. The number of amidine groups is 1. The van der Waals surface area contributed by atoms with Gasteiger partial charge in [0.2, 0.25) is 5.69 Å². The molecule has 0 aliphatic carbocycles. The van der Waals surface area contributed by atoms with Crippen LogP contribution in [0.15, 0.2) is 116 Å². The predicted molar refractivity (Wildman–Crippen MR) is 248 cm³/mol. The molecule has 6 rings (SSSR count). The Bertz CT molecular complexity index is 3260. The Balaban J connectivity index is 0.00000432. The van der Waals surface area contributed by atoms with Gasteiger partial charge in [0.1, 0.15) is 32.6 Å². The summed E-state index contributed by atoms with van der Waals surface area (Å²) >= 11 is 6.56. The Labute approximate surface area is 480 Å². The summed E-state index contributed by atoms with van der Waals surface area (Å²) in [5.41, 5.74) is 2.90. The quantitative estimate of drug-likeness (QED) is 0.0412. The summed E-state index contributed by atoms with van der Waals surface area (Å²) in [5, 5.41) is 9.73. The Kier molecular flexibility index (Phi) is 21.6. The topological polar surface area (TPSA) is 285 Å². The van der Waals surface area contributed by atoms with Crippen molar-refractivity contribution in [2.45, 2.75) is 81.4 Å². The van der Waals surface area contributed by atoms with E-state index in [1.54, 1.807) is 61.4 Å². The molecule has 17 nitrogen and oxygen atoms in total. The fraction of sp³-hybridized carbons (Fsp3) is 0.356. The first-order valence-electron chi connectivity index (χ1n) is 20.9. The number of aryl methyl sites for hydroxylation is 1. The Morgan fingerprint density at radius 2 is 1.46 bits per heavy atom. The number of unbranched alkanes of at least 4 members (excludes halogenated alkanes) is 2. The smallest absolute Gasteiger partial charge is 0.748 e. The summed E-state index contributed by atoms with van der Waals surface area (Å²) in [6.07, 6.45) is 11.4. The molecule has 70 heavy (non-hydrogen) atoms. The van der Waals surface area contributed by atoms with Crippen molar-refractivity contribution in [2.24, 2.45) is 10.4 Å². The second-order valence-electron chi connectivity index (χ2n) is 17.4. The van der Waals surface area contributed by atoms with Gasteiger partial charge in [0.15, 0.2) is 5.71 Å². The van der Waals surface area contributed by atoms with Crippen molar-refractivity contribution in [3.8, 4) is 0 Å². The summed E-state index contributed by atoms with van der Waals surface area (Å²) in [6, 6.07) is 11.7. The minimum Gasteiger partial charge on any atom is -0.748 e. The molecule has 3 aromatic carbocycles. The number of benzene rings is 3. The number of halogens is 1. The number of rotatable bonds is 19. The second-order valence-corrected chi connectivity index (χ2v) is 23.6. The summed E-state index contributed by atoms with van der Waals surface area (Å²) in [5.74, 6) is -1.55. The van der Waals surface area contributed by atoms with Crippen LogP contribution in [0.25, 0.3) is 16.3 Å². The third-order valence-corrected chi connectivity index (χ3v) is 15.3. The first-order chi connectivity index (χ1) is 31.0. The molecule has 0 spiro atoms. The van der Waals surface area contributed by atoms with Gasteiger partial charge in [-0.05, 0) is 98.0 Å². The van der Waals surface area contributed by atoms with Crippen molar-refractivity contribution in [2.75, 3.05) is 24.6 Å². The monoisotopic (exact) mass is 1090 g/mol. The molecular formula is C45H47ClN3Na3O14S4. The molecule has 1 N–H and O–H groups in total.